The fourth-order valence-electron chi connectivity index (χ4n) is 3.55. The molecule has 1 N–H and O–H groups in total. The predicted octanol–water partition coefficient (Wildman–Crippen LogP) is 2.93. The number of fused-ring (bicyclic) bond motifs is 1. The highest BCUT2D eigenvalue weighted by Crippen LogP contribution is 2.29. The zero-order valence-corrected chi connectivity index (χ0v) is 16.9. The molecule has 29 heavy (non-hydrogen) atoms. The second kappa shape index (κ2) is 8.21. The lowest BCUT2D eigenvalue weighted by Crippen LogP contribution is -2.27. The average molecular weight is 394 g/mol. The Morgan fingerprint density at radius 1 is 1.21 bits per heavy atom. The van der Waals surface area contributed by atoms with E-state index in [-0.39, 0.29) is 17.7 Å². The van der Waals surface area contributed by atoms with Gasteiger partial charge in [-0.15, -0.1) is 0 Å². The maximum absolute atomic E-state index is 12.5. The summed E-state index contributed by atoms with van der Waals surface area (Å²) in [6, 6.07) is 10.7. The Morgan fingerprint density at radius 3 is 2.59 bits per heavy atom. The standard InChI is InChI=1S/C22H26N4O3/c1-3-15-5-7-16(8-6-15)13-25(18-9-10-18)14-17-11-20(27)26-21(24-17)19(12-23-26)22(28)29-4-2/h5-8,11-12,18,23H,3-4,9-10,13-14H2,1-2H3. The topological polar surface area (TPSA) is 79.7 Å². The third kappa shape index (κ3) is 4.24. The van der Waals surface area contributed by atoms with E-state index in [1.54, 1.807) is 6.92 Å². The van der Waals surface area contributed by atoms with Crippen LogP contribution in [0.25, 0.3) is 5.65 Å². The molecule has 0 saturated heterocycles. The first-order valence-corrected chi connectivity index (χ1v) is 10.2. The molecule has 1 aliphatic carbocycles. The first-order valence-electron chi connectivity index (χ1n) is 10.2. The maximum Gasteiger partial charge on any atom is 0.343 e. The summed E-state index contributed by atoms with van der Waals surface area (Å²) in [5.41, 5.74) is 3.60. The van der Waals surface area contributed by atoms with Crippen molar-refractivity contribution in [2.24, 2.45) is 0 Å². The van der Waals surface area contributed by atoms with E-state index in [1.165, 1.54) is 27.9 Å². The molecule has 152 valence electrons. The second-order valence-corrected chi connectivity index (χ2v) is 7.46. The molecular formula is C22H26N4O3. The molecule has 0 aliphatic heterocycles. The molecular weight excluding hydrogens is 368 g/mol. The fraction of sp³-hybridized carbons (Fsp3) is 0.409. The van der Waals surface area contributed by atoms with Crippen molar-refractivity contribution in [3.8, 4) is 0 Å². The third-order valence-corrected chi connectivity index (χ3v) is 5.29. The Labute approximate surface area is 169 Å². The van der Waals surface area contributed by atoms with Crippen LogP contribution in [0.2, 0.25) is 0 Å². The van der Waals surface area contributed by atoms with Crippen molar-refractivity contribution in [3.63, 3.8) is 0 Å². The highest BCUT2D eigenvalue weighted by molar-refractivity contribution is 5.95. The van der Waals surface area contributed by atoms with E-state index in [9.17, 15) is 9.59 Å². The van der Waals surface area contributed by atoms with Crippen LogP contribution in [0.5, 0.6) is 0 Å². The summed E-state index contributed by atoms with van der Waals surface area (Å²) in [5, 5.41) is 2.79. The number of H-pyrrole nitrogens is 1. The molecule has 1 saturated carbocycles. The Morgan fingerprint density at radius 2 is 1.93 bits per heavy atom. The van der Waals surface area contributed by atoms with Crippen molar-refractivity contribution in [1.82, 2.24) is 19.5 Å². The monoisotopic (exact) mass is 394 g/mol. The number of hydrogen-bond acceptors (Lipinski definition) is 5. The number of benzene rings is 1. The molecule has 0 radical (unpaired) electrons. The molecule has 0 unspecified atom stereocenters. The maximum atomic E-state index is 12.5. The van der Waals surface area contributed by atoms with Crippen LogP contribution in [-0.4, -0.2) is 38.1 Å². The van der Waals surface area contributed by atoms with Gasteiger partial charge in [-0.3, -0.25) is 14.8 Å². The number of esters is 1. The van der Waals surface area contributed by atoms with Gasteiger partial charge in [-0.05, 0) is 37.3 Å². The zero-order chi connectivity index (χ0) is 20.4. The van der Waals surface area contributed by atoms with Crippen molar-refractivity contribution in [1.29, 1.82) is 0 Å². The van der Waals surface area contributed by atoms with Crippen LogP contribution in [0.1, 0.15) is 53.9 Å². The number of aromatic nitrogens is 3. The Kier molecular flexibility index (Phi) is 5.49. The summed E-state index contributed by atoms with van der Waals surface area (Å²) in [7, 11) is 0. The Hall–Kier alpha value is -2.93. The van der Waals surface area contributed by atoms with Gasteiger partial charge < -0.3 is 4.74 Å². The van der Waals surface area contributed by atoms with Crippen molar-refractivity contribution in [3.05, 3.63) is 69.3 Å². The summed E-state index contributed by atoms with van der Waals surface area (Å²) in [4.78, 5) is 31.6. The van der Waals surface area contributed by atoms with Gasteiger partial charge in [0.1, 0.15) is 5.56 Å². The molecule has 0 spiro atoms. The molecule has 1 fully saturated rings. The molecule has 7 heteroatoms. The first-order chi connectivity index (χ1) is 14.1. The van der Waals surface area contributed by atoms with Crippen LogP contribution in [0.3, 0.4) is 0 Å². The molecule has 7 nitrogen and oxygen atoms in total. The number of nitrogens with one attached hydrogen (secondary N) is 1. The van der Waals surface area contributed by atoms with Crippen LogP contribution in [-0.2, 0) is 24.2 Å². The highest BCUT2D eigenvalue weighted by Gasteiger charge is 2.29. The van der Waals surface area contributed by atoms with Gasteiger partial charge in [0.05, 0.1) is 12.3 Å². The third-order valence-electron chi connectivity index (χ3n) is 5.29. The van der Waals surface area contributed by atoms with Gasteiger partial charge in [-0.25, -0.2) is 14.3 Å². The second-order valence-electron chi connectivity index (χ2n) is 7.46. The van der Waals surface area contributed by atoms with Crippen LogP contribution < -0.4 is 5.56 Å². The zero-order valence-electron chi connectivity index (χ0n) is 16.9. The fourth-order valence-corrected chi connectivity index (χ4v) is 3.55. The summed E-state index contributed by atoms with van der Waals surface area (Å²) < 4.78 is 6.36. The number of ether oxygens (including phenoxy) is 1. The number of carbonyl (C=O) groups excluding carboxylic acids is 1. The molecule has 0 bridgehead atoms. The minimum absolute atomic E-state index is 0.233. The SMILES string of the molecule is CCOC(=O)c1c[nH]n2c(=O)cc(CN(Cc3ccc(CC)cc3)C3CC3)nc12. The van der Waals surface area contributed by atoms with Gasteiger partial charge in [0, 0.05) is 31.4 Å². The number of carbonyl (C=O) groups is 1. The van der Waals surface area contributed by atoms with E-state index in [2.05, 4.69) is 46.2 Å². The van der Waals surface area contributed by atoms with Gasteiger partial charge in [0.25, 0.3) is 5.56 Å². The Bertz CT molecular complexity index is 1060. The smallest absolute Gasteiger partial charge is 0.343 e. The van der Waals surface area contributed by atoms with Crippen molar-refractivity contribution >= 4 is 11.6 Å². The molecule has 1 aliphatic rings. The molecule has 4 rings (SSSR count). The number of nitrogens with zero attached hydrogens (tertiary/aromatic N) is 3. The number of aromatic amines is 1. The summed E-state index contributed by atoms with van der Waals surface area (Å²) >= 11 is 0. The normalized spacial score (nSPS) is 13.9. The van der Waals surface area contributed by atoms with E-state index >= 15 is 0 Å². The summed E-state index contributed by atoms with van der Waals surface area (Å²) in [6.45, 7) is 5.55. The molecule has 2 aromatic heterocycles. The van der Waals surface area contributed by atoms with Gasteiger partial charge in [0.2, 0.25) is 0 Å². The number of aryl methyl sites for hydroxylation is 1. The van der Waals surface area contributed by atoms with Gasteiger partial charge in [0.15, 0.2) is 5.65 Å². The van der Waals surface area contributed by atoms with Crippen LogP contribution in [0, 0.1) is 0 Å². The van der Waals surface area contributed by atoms with Gasteiger partial charge in [-0.2, -0.15) is 0 Å². The molecule has 1 aromatic carbocycles. The van der Waals surface area contributed by atoms with E-state index in [1.807, 2.05) is 0 Å². The van der Waals surface area contributed by atoms with Gasteiger partial charge in [-0.1, -0.05) is 31.2 Å². The summed E-state index contributed by atoms with van der Waals surface area (Å²) in [6.07, 6.45) is 4.82. The van der Waals surface area contributed by atoms with Crippen molar-refractivity contribution in [2.45, 2.75) is 52.2 Å². The lowest BCUT2D eigenvalue weighted by Gasteiger charge is -2.22. The van der Waals surface area contributed by atoms with Crippen LogP contribution >= 0.6 is 0 Å². The molecule has 0 atom stereocenters. The minimum Gasteiger partial charge on any atom is -0.462 e. The molecule has 2 heterocycles. The highest BCUT2D eigenvalue weighted by atomic mass is 16.5. The predicted molar refractivity (Wildman–Crippen MR) is 110 cm³/mol. The lowest BCUT2D eigenvalue weighted by atomic mass is 10.1. The van der Waals surface area contributed by atoms with Crippen LogP contribution in [0.4, 0.5) is 0 Å². The van der Waals surface area contributed by atoms with Crippen LogP contribution in [0.15, 0.2) is 41.3 Å². The van der Waals surface area contributed by atoms with Crippen molar-refractivity contribution in [2.75, 3.05) is 6.61 Å². The largest absolute Gasteiger partial charge is 0.462 e. The van der Waals surface area contributed by atoms with E-state index in [0.717, 1.165) is 25.8 Å². The molecule has 0 amide bonds. The van der Waals surface area contributed by atoms with E-state index in [0.29, 0.717) is 23.9 Å². The number of hydrogen-bond donors (Lipinski definition) is 1. The first kappa shape index (κ1) is 19.4. The molecule has 3 aromatic rings. The van der Waals surface area contributed by atoms with Gasteiger partial charge >= 0.3 is 5.97 Å². The average Bonchev–Trinajstić information content (AvgIpc) is 3.47. The van der Waals surface area contributed by atoms with E-state index in [4.69, 9.17) is 4.74 Å². The minimum atomic E-state index is -0.481. The Balaban J connectivity index is 1.59. The lowest BCUT2D eigenvalue weighted by molar-refractivity contribution is 0.0528. The van der Waals surface area contributed by atoms with Crippen molar-refractivity contribution < 1.29 is 9.53 Å². The van der Waals surface area contributed by atoms with E-state index < -0.39 is 5.97 Å². The number of rotatable bonds is 8. The quantitative estimate of drug-likeness (QED) is 0.594. The summed E-state index contributed by atoms with van der Waals surface area (Å²) in [5.74, 6) is -0.481.